The van der Waals surface area contributed by atoms with Crippen LogP contribution in [0.4, 0.5) is 0 Å². The van der Waals surface area contributed by atoms with E-state index < -0.39 is 10.2 Å². The standard InChI is InChI=1S/C15H22N2O4S/c1-2-21-15(18)14-9-6-10-17(12-14)22(19,20)16-11-13-7-4-3-5-8-13/h3-5,7-8,14,16H,2,6,9-12H2,1H3/t14-/m1/s1. The first-order valence-corrected chi connectivity index (χ1v) is 8.92. The van der Waals surface area contributed by atoms with Gasteiger partial charge in [0.25, 0.3) is 10.2 Å². The molecule has 7 heteroatoms. The molecule has 0 aliphatic carbocycles. The van der Waals surface area contributed by atoms with Gasteiger partial charge in [0.2, 0.25) is 0 Å². The summed E-state index contributed by atoms with van der Waals surface area (Å²) < 4.78 is 33.6. The summed E-state index contributed by atoms with van der Waals surface area (Å²) in [7, 11) is -3.59. The van der Waals surface area contributed by atoms with Crippen molar-refractivity contribution in [2.45, 2.75) is 26.3 Å². The van der Waals surface area contributed by atoms with E-state index in [1.165, 1.54) is 4.31 Å². The third-order valence-corrected chi connectivity index (χ3v) is 5.17. The Balaban J connectivity index is 1.95. The molecular weight excluding hydrogens is 304 g/mol. The molecule has 0 amide bonds. The third kappa shape index (κ3) is 4.53. The molecule has 1 heterocycles. The number of ether oxygens (including phenoxy) is 1. The number of piperidine rings is 1. The Kier molecular flexibility index (Phi) is 5.93. The number of carbonyl (C=O) groups is 1. The number of esters is 1. The summed E-state index contributed by atoms with van der Waals surface area (Å²) in [5.41, 5.74) is 0.894. The SMILES string of the molecule is CCOC(=O)[C@@H]1CCCN(S(=O)(=O)NCc2ccccc2)C1. The van der Waals surface area contributed by atoms with Gasteiger partial charge in [-0.25, -0.2) is 0 Å². The van der Waals surface area contributed by atoms with Crippen molar-refractivity contribution < 1.29 is 17.9 Å². The molecule has 1 aliphatic heterocycles. The van der Waals surface area contributed by atoms with Gasteiger partial charge in [-0.15, -0.1) is 0 Å². The van der Waals surface area contributed by atoms with Crippen molar-refractivity contribution in [3.8, 4) is 0 Å². The number of benzene rings is 1. The predicted octanol–water partition coefficient (Wildman–Crippen LogP) is 1.30. The summed E-state index contributed by atoms with van der Waals surface area (Å²) in [6.45, 7) is 2.91. The fourth-order valence-corrected chi connectivity index (χ4v) is 3.75. The van der Waals surface area contributed by atoms with Crippen molar-refractivity contribution in [1.82, 2.24) is 9.03 Å². The Bertz CT molecular complexity index is 589. The highest BCUT2D eigenvalue weighted by atomic mass is 32.2. The second-order valence-electron chi connectivity index (χ2n) is 5.26. The second-order valence-corrected chi connectivity index (χ2v) is 7.02. The molecule has 1 atom stereocenters. The maximum absolute atomic E-state index is 12.3. The normalized spacial score (nSPS) is 19.8. The first-order chi connectivity index (χ1) is 10.5. The monoisotopic (exact) mass is 326 g/mol. The van der Waals surface area contributed by atoms with Crippen molar-refractivity contribution >= 4 is 16.2 Å². The van der Waals surface area contributed by atoms with Gasteiger partial charge in [-0.1, -0.05) is 30.3 Å². The Morgan fingerprint density at radius 2 is 2.09 bits per heavy atom. The zero-order valence-corrected chi connectivity index (χ0v) is 13.5. The van der Waals surface area contributed by atoms with Gasteiger partial charge in [-0.05, 0) is 25.3 Å². The van der Waals surface area contributed by atoms with Crippen LogP contribution < -0.4 is 4.72 Å². The van der Waals surface area contributed by atoms with Crippen LogP contribution in [0, 0.1) is 5.92 Å². The Morgan fingerprint density at radius 1 is 1.36 bits per heavy atom. The number of nitrogens with one attached hydrogen (secondary N) is 1. The number of hydrogen-bond donors (Lipinski definition) is 1. The van der Waals surface area contributed by atoms with Gasteiger partial charge in [-0.3, -0.25) is 4.79 Å². The van der Waals surface area contributed by atoms with Gasteiger partial charge < -0.3 is 4.74 Å². The lowest BCUT2D eigenvalue weighted by Crippen LogP contribution is -2.47. The van der Waals surface area contributed by atoms with E-state index in [-0.39, 0.29) is 25.0 Å². The molecule has 122 valence electrons. The van der Waals surface area contributed by atoms with Crippen LogP contribution in [0.1, 0.15) is 25.3 Å². The molecule has 1 saturated heterocycles. The number of rotatable bonds is 6. The summed E-state index contributed by atoms with van der Waals surface area (Å²) in [5, 5.41) is 0. The third-order valence-electron chi connectivity index (χ3n) is 3.65. The van der Waals surface area contributed by atoms with Crippen molar-refractivity contribution in [2.75, 3.05) is 19.7 Å². The van der Waals surface area contributed by atoms with Crippen LogP contribution >= 0.6 is 0 Å². The molecule has 2 rings (SSSR count). The van der Waals surface area contributed by atoms with Gasteiger partial charge in [0, 0.05) is 19.6 Å². The van der Waals surface area contributed by atoms with E-state index >= 15 is 0 Å². The van der Waals surface area contributed by atoms with E-state index in [0.29, 0.717) is 26.0 Å². The molecular formula is C15H22N2O4S. The van der Waals surface area contributed by atoms with Crippen LogP contribution in [-0.4, -0.2) is 38.4 Å². The van der Waals surface area contributed by atoms with Gasteiger partial charge in [-0.2, -0.15) is 17.4 Å². The molecule has 1 fully saturated rings. The van der Waals surface area contributed by atoms with E-state index in [9.17, 15) is 13.2 Å². The minimum absolute atomic E-state index is 0.183. The summed E-state index contributed by atoms with van der Waals surface area (Å²) in [5.74, 6) is -0.688. The molecule has 0 unspecified atom stereocenters. The zero-order chi connectivity index (χ0) is 16.0. The van der Waals surface area contributed by atoms with E-state index in [2.05, 4.69) is 4.72 Å². The molecule has 0 spiro atoms. The Morgan fingerprint density at radius 3 is 2.77 bits per heavy atom. The molecule has 1 aliphatic rings. The molecule has 0 aromatic heterocycles. The van der Waals surface area contributed by atoms with Crippen LogP contribution in [0.2, 0.25) is 0 Å². The molecule has 1 aromatic carbocycles. The molecule has 1 aromatic rings. The summed E-state index contributed by atoms with van der Waals surface area (Å²) in [6.07, 6.45) is 1.33. The highest BCUT2D eigenvalue weighted by Gasteiger charge is 2.32. The summed E-state index contributed by atoms with van der Waals surface area (Å²) in [4.78, 5) is 11.8. The van der Waals surface area contributed by atoms with E-state index in [0.717, 1.165) is 5.56 Å². The van der Waals surface area contributed by atoms with Crippen LogP contribution in [0.5, 0.6) is 0 Å². The van der Waals surface area contributed by atoms with Crippen LogP contribution in [0.25, 0.3) is 0 Å². The summed E-state index contributed by atoms with van der Waals surface area (Å²) >= 11 is 0. The maximum atomic E-state index is 12.3. The first-order valence-electron chi connectivity index (χ1n) is 7.48. The molecule has 22 heavy (non-hydrogen) atoms. The van der Waals surface area contributed by atoms with Crippen LogP contribution in [0.3, 0.4) is 0 Å². The lowest BCUT2D eigenvalue weighted by atomic mass is 10.0. The molecule has 0 bridgehead atoms. The molecule has 1 N–H and O–H groups in total. The van der Waals surface area contributed by atoms with Gasteiger partial charge in [0.15, 0.2) is 0 Å². The first kappa shape index (κ1) is 16.9. The van der Waals surface area contributed by atoms with E-state index in [1.54, 1.807) is 6.92 Å². The molecule has 0 saturated carbocycles. The summed E-state index contributed by atoms with van der Waals surface area (Å²) in [6, 6.07) is 9.33. The van der Waals surface area contributed by atoms with Crippen molar-refractivity contribution in [1.29, 1.82) is 0 Å². The Labute approximate surface area is 131 Å². The second kappa shape index (κ2) is 7.71. The van der Waals surface area contributed by atoms with Crippen molar-refractivity contribution in [3.63, 3.8) is 0 Å². The zero-order valence-electron chi connectivity index (χ0n) is 12.7. The van der Waals surface area contributed by atoms with Crippen molar-refractivity contribution in [2.24, 2.45) is 5.92 Å². The topological polar surface area (TPSA) is 75.7 Å². The fourth-order valence-electron chi connectivity index (χ4n) is 2.47. The van der Waals surface area contributed by atoms with Gasteiger partial charge >= 0.3 is 5.97 Å². The molecule has 0 radical (unpaired) electrons. The minimum atomic E-state index is -3.59. The van der Waals surface area contributed by atoms with Gasteiger partial charge in [0.1, 0.15) is 0 Å². The smallest absolute Gasteiger partial charge is 0.310 e. The predicted molar refractivity (Wildman–Crippen MR) is 83.1 cm³/mol. The minimum Gasteiger partial charge on any atom is -0.466 e. The average molecular weight is 326 g/mol. The number of nitrogens with zero attached hydrogens (tertiary/aromatic N) is 1. The molecule has 6 nitrogen and oxygen atoms in total. The van der Waals surface area contributed by atoms with Crippen LogP contribution in [0.15, 0.2) is 30.3 Å². The fraction of sp³-hybridized carbons (Fsp3) is 0.533. The lowest BCUT2D eigenvalue weighted by Gasteiger charge is -2.30. The lowest BCUT2D eigenvalue weighted by molar-refractivity contribution is -0.149. The van der Waals surface area contributed by atoms with E-state index in [1.807, 2.05) is 30.3 Å². The quantitative estimate of drug-likeness (QED) is 0.800. The maximum Gasteiger partial charge on any atom is 0.310 e. The van der Waals surface area contributed by atoms with Gasteiger partial charge in [0.05, 0.1) is 12.5 Å². The highest BCUT2D eigenvalue weighted by Crippen LogP contribution is 2.20. The number of carbonyl (C=O) groups excluding carboxylic acids is 1. The average Bonchev–Trinajstić information content (AvgIpc) is 2.54. The highest BCUT2D eigenvalue weighted by molar-refractivity contribution is 7.87. The Hall–Kier alpha value is -1.44. The number of hydrogen-bond acceptors (Lipinski definition) is 4. The van der Waals surface area contributed by atoms with Crippen molar-refractivity contribution in [3.05, 3.63) is 35.9 Å². The van der Waals surface area contributed by atoms with Crippen LogP contribution in [-0.2, 0) is 26.3 Å². The largest absolute Gasteiger partial charge is 0.466 e. The van der Waals surface area contributed by atoms with E-state index in [4.69, 9.17) is 4.74 Å².